The quantitative estimate of drug-likeness (QED) is 0.359. The fraction of sp³-hybridized carbons (Fsp3) is 0.417. The molecular weight excluding hydrogens is 220 g/mol. The van der Waals surface area contributed by atoms with E-state index in [1.54, 1.807) is 0 Å². The maximum atomic E-state index is 8.52. The van der Waals surface area contributed by atoms with Crippen LogP contribution in [0.5, 0.6) is 0 Å². The molecule has 1 atom stereocenters. The molecule has 88 valence electrons. The lowest BCUT2D eigenvalue weighted by Gasteiger charge is -2.08. The van der Waals surface area contributed by atoms with E-state index in [1.165, 1.54) is 12.0 Å². The van der Waals surface area contributed by atoms with Gasteiger partial charge in [-0.1, -0.05) is 43.3 Å². The highest BCUT2D eigenvalue weighted by atomic mass is 32.2. The zero-order valence-corrected chi connectivity index (χ0v) is 10.5. The van der Waals surface area contributed by atoms with Gasteiger partial charge < -0.3 is 10.9 Å². The van der Waals surface area contributed by atoms with Crippen LogP contribution >= 0.6 is 11.8 Å². The number of nitrogens with two attached hydrogens (primary N) is 1. The summed E-state index contributed by atoms with van der Waals surface area (Å²) in [5.41, 5.74) is 7.50. The molecule has 1 rings (SSSR count). The van der Waals surface area contributed by atoms with Crippen LogP contribution in [0.2, 0.25) is 0 Å². The average Bonchev–Trinajstić information content (AvgIpc) is 2.35. The van der Waals surface area contributed by atoms with Gasteiger partial charge in [-0.05, 0) is 12.0 Å². The minimum absolute atomic E-state index is 0.154. The van der Waals surface area contributed by atoms with Crippen molar-refractivity contribution in [2.24, 2.45) is 10.9 Å². The van der Waals surface area contributed by atoms with E-state index >= 15 is 0 Å². The molecule has 0 saturated heterocycles. The van der Waals surface area contributed by atoms with E-state index in [0.29, 0.717) is 5.25 Å². The highest BCUT2D eigenvalue weighted by Crippen LogP contribution is 2.19. The zero-order chi connectivity index (χ0) is 12.0. The van der Waals surface area contributed by atoms with Gasteiger partial charge in [0.25, 0.3) is 0 Å². The van der Waals surface area contributed by atoms with Crippen LogP contribution in [0.1, 0.15) is 31.4 Å². The third-order valence-electron chi connectivity index (χ3n) is 2.47. The SMILES string of the molecule is CCC(C)SCc1ccc(/C(N)=N/O)cc1. The molecule has 3 nitrogen and oxygen atoms in total. The van der Waals surface area contributed by atoms with Gasteiger partial charge in [0.15, 0.2) is 5.84 Å². The van der Waals surface area contributed by atoms with Crippen LogP contribution in [-0.2, 0) is 5.75 Å². The Labute approximate surface area is 101 Å². The molecular formula is C12H18N2OS. The fourth-order valence-electron chi connectivity index (χ4n) is 1.19. The third-order valence-corrected chi connectivity index (χ3v) is 3.87. The second-order valence-electron chi connectivity index (χ2n) is 3.71. The molecule has 1 aromatic carbocycles. The van der Waals surface area contributed by atoms with Crippen molar-refractivity contribution in [3.05, 3.63) is 35.4 Å². The van der Waals surface area contributed by atoms with Crippen molar-refractivity contribution in [3.8, 4) is 0 Å². The fourth-order valence-corrected chi connectivity index (χ4v) is 2.09. The molecule has 0 heterocycles. The van der Waals surface area contributed by atoms with Gasteiger partial charge in [-0.2, -0.15) is 11.8 Å². The second kappa shape index (κ2) is 6.43. The number of oxime groups is 1. The van der Waals surface area contributed by atoms with Crippen LogP contribution in [-0.4, -0.2) is 16.3 Å². The Kier molecular flexibility index (Phi) is 5.19. The number of benzene rings is 1. The van der Waals surface area contributed by atoms with Crippen LogP contribution < -0.4 is 5.73 Å². The normalized spacial score (nSPS) is 13.8. The standard InChI is InChI=1S/C12H18N2OS/c1-3-9(2)16-8-10-4-6-11(7-5-10)12(13)14-15/h4-7,9,15H,3,8H2,1-2H3,(H2,13,14). The molecule has 1 aromatic rings. The Morgan fingerprint density at radius 2 is 2.06 bits per heavy atom. The van der Waals surface area contributed by atoms with Crippen LogP contribution in [0, 0.1) is 0 Å². The van der Waals surface area contributed by atoms with Gasteiger partial charge in [-0.25, -0.2) is 0 Å². The largest absolute Gasteiger partial charge is 0.409 e. The first-order chi connectivity index (χ1) is 7.67. The molecule has 4 heteroatoms. The number of rotatable bonds is 5. The van der Waals surface area contributed by atoms with Crippen molar-refractivity contribution in [1.29, 1.82) is 0 Å². The molecule has 0 spiro atoms. The Balaban J connectivity index is 2.58. The monoisotopic (exact) mass is 238 g/mol. The molecule has 1 unspecified atom stereocenters. The van der Waals surface area contributed by atoms with Crippen LogP contribution in [0.4, 0.5) is 0 Å². The third kappa shape index (κ3) is 3.77. The van der Waals surface area contributed by atoms with Crippen molar-refractivity contribution in [2.75, 3.05) is 0 Å². The molecule has 0 saturated carbocycles. The molecule has 0 bridgehead atoms. The predicted octanol–water partition coefficient (Wildman–Crippen LogP) is 2.81. The summed E-state index contributed by atoms with van der Waals surface area (Å²) in [6, 6.07) is 7.79. The van der Waals surface area contributed by atoms with Gasteiger partial charge >= 0.3 is 0 Å². The van der Waals surface area contributed by atoms with E-state index in [1.807, 2.05) is 36.0 Å². The lowest BCUT2D eigenvalue weighted by molar-refractivity contribution is 0.318. The Bertz CT molecular complexity index is 349. The van der Waals surface area contributed by atoms with Crippen molar-refractivity contribution >= 4 is 17.6 Å². The van der Waals surface area contributed by atoms with Crippen molar-refractivity contribution in [2.45, 2.75) is 31.3 Å². The van der Waals surface area contributed by atoms with E-state index in [4.69, 9.17) is 10.9 Å². The zero-order valence-electron chi connectivity index (χ0n) is 9.68. The van der Waals surface area contributed by atoms with Gasteiger partial charge in [0.2, 0.25) is 0 Å². The van der Waals surface area contributed by atoms with Crippen LogP contribution in [0.15, 0.2) is 29.4 Å². The Hall–Kier alpha value is -1.16. The first-order valence-corrected chi connectivity index (χ1v) is 6.40. The Morgan fingerprint density at radius 3 is 2.56 bits per heavy atom. The summed E-state index contributed by atoms with van der Waals surface area (Å²) >= 11 is 1.94. The maximum absolute atomic E-state index is 8.52. The van der Waals surface area contributed by atoms with Crippen LogP contribution in [0.3, 0.4) is 0 Å². The summed E-state index contributed by atoms with van der Waals surface area (Å²) < 4.78 is 0. The summed E-state index contributed by atoms with van der Waals surface area (Å²) in [5, 5.41) is 12.2. The average molecular weight is 238 g/mol. The molecule has 0 aliphatic rings. The van der Waals surface area contributed by atoms with E-state index in [2.05, 4.69) is 19.0 Å². The number of hydrogen-bond donors (Lipinski definition) is 2. The topological polar surface area (TPSA) is 58.6 Å². The van der Waals surface area contributed by atoms with Crippen molar-refractivity contribution < 1.29 is 5.21 Å². The highest BCUT2D eigenvalue weighted by Gasteiger charge is 2.02. The summed E-state index contributed by atoms with van der Waals surface area (Å²) in [5.74, 6) is 1.16. The molecule has 0 aromatic heterocycles. The molecule has 0 fully saturated rings. The summed E-state index contributed by atoms with van der Waals surface area (Å²) in [4.78, 5) is 0. The second-order valence-corrected chi connectivity index (χ2v) is 5.14. The van der Waals surface area contributed by atoms with E-state index in [-0.39, 0.29) is 5.84 Å². The van der Waals surface area contributed by atoms with Gasteiger partial charge in [0.05, 0.1) is 0 Å². The molecule has 3 N–H and O–H groups in total. The summed E-state index contributed by atoms with van der Waals surface area (Å²) in [6.45, 7) is 4.43. The molecule has 0 radical (unpaired) electrons. The minimum atomic E-state index is 0.154. The lowest BCUT2D eigenvalue weighted by Crippen LogP contribution is -2.12. The predicted molar refractivity (Wildman–Crippen MR) is 70.0 cm³/mol. The van der Waals surface area contributed by atoms with Crippen molar-refractivity contribution in [3.63, 3.8) is 0 Å². The summed E-state index contributed by atoms with van der Waals surface area (Å²) in [7, 11) is 0. The minimum Gasteiger partial charge on any atom is -0.409 e. The van der Waals surface area contributed by atoms with Gasteiger partial charge in [0, 0.05) is 16.6 Å². The van der Waals surface area contributed by atoms with Crippen molar-refractivity contribution in [1.82, 2.24) is 0 Å². The first-order valence-electron chi connectivity index (χ1n) is 5.35. The molecule has 16 heavy (non-hydrogen) atoms. The van der Waals surface area contributed by atoms with Gasteiger partial charge in [-0.15, -0.1) is 0 Å². The lowest BCUT2D eigenvalue weighted by atomic mass is 10.1. The number of thioether (sulfide) groups is 1. The smallest absolute Gasteiger partial charge is 0.170 e. The van der Waals surface area contributed by atoms with E-state index in [0.717, 1.165) is 11.3 Å². The van der Waals surface area contributed by atoms with Gasteiger partial charge in [-0.3, -0.25) is 0 Å². The molecule has 0 amide bonds. The number of hydrogen-bond acceptors (Lipinski definition) is 3. The molecule has 0 aliphatic heterocycles. The molecule has 0 aliphatic carbocycles. The van der Waals surface area contributed by atoms with E-state index < -0.39 is 0 Å². The maximum Gasteiger partial charge on any atom is 0.170 e. The van der Waals surface area contributed by atoms with Gasteiger partial charge in [0.1, 0.15) is 0 Å². The van der Waals surface area contributed by atoms with E-state index in [9.17, 15) is 0 Å². The Morgan fingerprint density at radius 1 is 1.44 bits per heavy atom. The summed E-state index contributed by atoms with van der Waals surface area (Å²) in [6.07, 6.45) is 1.19. The number of nitrogens with zero attached hydrogens (tertiary/aromatic N) is 1. The van der Waals surface area contributed by atoms with Crippen LogP contribution in [0.25, 0.3) is 0 Å². The number of amidine groups is 1. The highest BCUT2D eigenvalue weighted by molar-refractivity contribution is 7.99. The first kappa shape index (κ1) is 12.9.